The highest BCUT2D eigenvalue weighted by atomic mass is 35.5. The van der Waals surface area contributed by atoms with Crippen LogP contribution in [0.2, 0.25) is 5.02 Å². The number of β-amino-alcohol motifs (C(OH)–C–C–N with tert-alkyl or cyclic N) is 1. The van der Waals surface area contributed by atoms with Gasteiger partial charge in [-0.25, -0.2) is 4.39 Å². The zero-order valence-electron chi connectivity index (χ0n) is 18.5. The molecule has 33 heavy (non-hydrogen) atoms. The number of carbonyl (C=O) groups excluding carboxylic acids is 1. The lowest BCUT2D eigenvalue weighted by atomic mass is 9.94. The summed E-state index contributed by atoms with van der Waals surface area (Å²) in [5.41, 5.74) is 1.85. The fourth-order valence-electron chi connectivity index (χ4n) is 4.57. The van der Waals surface area contributed by atoms with Crippen molar-refractivity contribution in [2.75, 3.05) is 19.8 Å². The third-order valence-electron chi connectivity index (χ3n) is 6.23. The van der Waals surface area contributed by atoms with Crippen molar-refractivity contribution in [1.29, 1.82) is 0 Å². The van der Waals surface area contributed by atoms with Crippen LogP contribution in [0.1, 0.15) is 30.4 Å². The molecule has 2 heterocycles. The Morgan fingerprint density at radius 3 is 2.73 bits per heavy atom. The second kappa shape index (κ2) is 11.4. The van der Waals surface area contributed by atoms with E-state index >= 15 is 0 Å². The van der Waals surface area contributed by atoms with Gasteiger partial charge in [-0.05, 0) is 42.2 Å². The average Bonchev–Trinajstić information content (AvgIpc) is 2.79. The van der Waals surface area contributed by atoms with Crippen LogP contribution in [-0.4, -0.2) is 60.0 Å². The monoisotopic (exact) mass is 476 g/mol. The first kappa shape index (κ1) is 24.1. The van der Waals surface area contributed by atoms with Crippen LogP contribution in [0.3, 0.4) is 0 Å². The topological polar surface area (TPSA) is 71.0 Å². The van der Waals surface area contributed by atoms with E-state index in [1.165, 1.54) is 12.1 Å². The molecule has 4 rings (SSSR count). The number of ether oxygens (including phenoxy) is 2. The second-order valence-corrected chi connectivity index (χ2v) is 9.17. The number of hydrogen-bond acceptors (Lipinski definition) is 5. The Labute approximate surface area is 198 Å². The lowest BCUT2D eigenvalue weighted by Crippen LogP contribution is -2.55. The highest BCUT2D eigenvalue weighted by Crippen LogP contribution is 2.29. The molecule has 0 aromatic heterocycles. The Hall–Kier alpha value is -2.03. The molecule has 0 spiro atoms. The van der Waals surface area contributed by atoms with E-state index in [0.717, 1.165) is 24.0 Å². The maximum absolute atomic E-state index is 13.3. The Bertz CT molecular complexity index is 929. The summed E-state index contributed by atoms with van der Waals surface area (Å²) in [5, 5.41) is 13.9. The minimum absolute atomic E-state index is 0.0486. The summed E-state index contributed by atoms with van der Waals surface area (Å²) in [7, 11) is 0. The van der Waals surface area contributed by atoms with Gasteiger partial charge in [-0.2, -0.15) is 0 Å². The van der Waals surface area contributed by atoms with Crippen molar-refractivity contribution in [2.24, 2.45) is 0 Å². The number of aliphatic hydroxyl groups is 1. The van der Waals surface area contributed by atoms with Crippen LogP contribution < -0.4 is 5.32 Å². The molecule has 2 fully saturated rings. The molecule has 178 valence electrons. The standard InChI is InChI=1S/C25H30ClFN2O4/c26-22-4-2-1-3-18(22)12-28-25(31)11-21-9-10-23-24(33-21)16-32-15-20(30)14-29(23)13-17-5-7-19(27)8-6-17/h1-8,20-21,23-24,30H,9-16H2,(H,28,31)/t20-,21+,23-,24+/m1/s1. The highest BCUT2D eigenvalue weighted by molar-refractivity contribution is 6.31. The van der Waals surface area contributed by atoms with Gasteiger partial charge < -0.3 is 19.9 Å². The number of rotatable bonds is 6. The van der Waals surface area contributed by atoms with Gasteiger partial charge in [0.05, 0.1) is 37.9 Å². The number of benzene rings is 2. The minimum Gasteiger partial charge on any atom is -0.389 e. The van der Waals surface area contributed by atoms with E-state index in [9.17, 15) is 14.3 Å². The second-order valence-electron chi connectivity index (χ2n) is 8.76. The lowest BCUT2D eigenvalue weighted by molar-refractivity contribution is -0.158. The lowest BCUT2D eigenvalue weighted by Gasteiger charge is -2.44. The Balaban J connectivity index is 1.34. The van der Waals surface area contributed by atoms with Crippen LogP contribution in [0.25, 0.3) is 0 Å². The third-order valence-corrected chi connectivity index (χ3v) is 6.60. The zero-order valence-corrected chi connectivity index (χ0v) is 19.2. The summed E-state index contributed by atoms with van der Waals surface area (Å²) >= 11 is 6.16. The molecule has 6 nitrogen and oxygen atoms in total. The zero-order chi connectivity index (χ0) is 23.2. The number of aliphatic hydroxyl groups excluding tert-OH is 1. The van der Waals surface area contributed by atoms with Gasteiger partial charge in [0.2, 0.25) is 5.91 Å². The Morgan fingerprint density at radius 2 is 1.94 bits per heavy atom. The van der Waals surface area contributed by atoms with Crippen molar-refractivity contribution in [3.8, 4) is 0 Å². The number of nitrogens with one attached hydrogen (secondary N) is 1. The van der Waals surface area contributed by atoms with E-state index in [1.807, 2.05) is 18.2 Å². The van der Waals surface area contributed by atoms with Crippen LogP contribution in [-0.2, 0) is 27.4 Å². The molecule has 2 saturated heterocycles. The van der Waals surface area contributed by atoms with Crippen LogP contribution in [0.5, 0.6) is 0 Å². The molecule has 0 aliphatic carbocycles. The van der Waals surface area contributed by atoms with Gasteiger partial charge in [-0.1, -0.05) is 41.9 Å². The van der Waals surface area contributed by atoms with Gasteiger partial charge >= 0.3 is 0 Å². The number of nitrogens with zero attached hydrogens (tertiary/aromatic N) is 1. The summed E-state index contributed by atoms with van der Waals surface area (Å²) in [4.78, 5) is 14.7. The largest absolute Gasteiger partial charge is 0.389 e. The molecular formula is C25H30ClFN2O4. The highest BCUT2D eigenvalue weighted by Gasteiger charge is 2.38. The van der Waals surface area contributed by atoms with Crippen molar-refractivity contribution in [1.82, 2.24) is 10.2 Å². The first-order chi connectivity index (χ1) is 16.0. The van der Waals surface area contributed by atoms with Crippen molar-refractivity contribution < 1.29 is 23.8 Å². The van der Waals surface area contributed by atoms with Gasteiger partial charge in [0.1, 0.15) is 5.82 Å². The molecule has 2 N–H and O–H groups in total. The molecule has 2 aliphatic rings. The Kier molecular flexibility index (Phi) is 8.33. The first-order valence-corrected chi connectivity index (χ1v) is 11.8. The minimum atomic E-state index is -0.597. The molecule has 0 radical (unpaired) electrons. The van der Waals surface area contributed by atoms with E-state index in [-0.39, 0.29) is 43.0 Å². The molecule has 0 unspecified atom stereocenters. The maximum Gasteiger partial charge on any atom is 0.222 e. The predicted octanol–water partition coefficient (Wildman–Crippen LogP) is 3.29. The molecule has 2 aromatic rings. The van der Waals surface area contributed by atoms with Crippen molar-refractivity contribution in [2.45, 2.75) is 56.7 Å². The van der Waals surface area contributed by atoms with Crippen LogP contribution in [0, 0.1) is 5.82 Å². The van der Waals surface area contributed by atoms with Crippen molar-refractivity contribution in [3.63, 3.8) is 0 Å². The SMILES string of the molecule is O=C(C[C@@H]1CC[C@@H]2[C@H](COC[C@H](O)CN2Cc2ccc(F)cc2)O1)NCc1ccccc1Cl. The molecule has 8 heteroatoms. The molecule has 0 saturated carbocycles. The van der Waals surface area contributed by atoms with Crippen molar-refractivity contribution in [3.05, 3.63) is 70.5 Å². The van der Waals surface area contributed by atoms with E-state index in [1.54, 1.807) is 18.2 Å². The predicted molar refractivity (Wildman–Crippen MR) is 123 cm³/mol. The van der Waals surface area contributed by atoms with E-state index in [2.05, 4.69) is 10.2 Å². The molecule has 2 aliphatic heterocycles. The van der Waals surface area contributed by atoms with E-state index in [4.69, 9.17) is 21.1 Å². The van der Waals surface area contributed by atoms with Crippen molar-refractivity contribution >= 4 is 17.5 Å². The Morgan fingerprint density at radius 1 is 1.15 bits per heavy atom. The quantitative estimate of drug-likeness (QED) is 0.669. The molecule has 1 amide bonds. The number of hydrogen-bond donors (Lipinski definition) is 2. The number of carbonyl (C=O) groups is 1. The normalized spacial score (nSPS) is 26.2. The van der Waals surface area contributed by atoms with Gasteiger partial charge in [0.15, 0.2) is 0 Å². The summed E-state index contributed by atoms with van der Waals surface area (Å²) in [5.74, 6) is -0.349. The summed E-state index contributed by atoms with van der Waals surface area (Å²) < 4.78 is 25.3. The first-order valence-electron chi connectivity index (χ1n) is 11.4. The summed E-state index contributed by atoms with van der Waals surface area (Å²) in [6.07, 6.45) is 0.834. The number of fused-ring (bicyclic) bond motifs is 1. The van der Waals surface area contributed by atoms with Gasteiger partial charge in [0, 0.05) is 30.7 Å². The van der Waals surface area contributed by atoms with Gasteiger partial charge in [0.25, 0.3) is 0 Å². The fraction of sp³-hybridized carbons (Fsp3) is 0.480. The van der Waals surface area contributed by atoms with E-state index in [0.29, 0.717) is 31.3 Å². The number of halogens is 2. The van der Waals surface area contributed by atoms with Crippen LogP contribution in [0.15, 0.2) is 48.5 Å². The van der Waals surface area contributed by atoms with Crippen LogP contribution in [0.4, 0.5) is 4.39 Å². The maximum atomic E-state index is 13.3. The summed E-state index contributed by atoms with van der Waals surface area (Å²) in [6, 6.07) is 13.9. The van der Waals surface area contributed by atoms with Gasteiger partial charge in [-0.3, -0.25) is 9.69 Å². The molecule has 4 atom stereocenters. The third kappa shape index (κ3) is 6.74. The summed E-state index contributed by atoms with van der Waals surface area (Å²) in [6.45, 7) is 2.01. The van der Waals surface area contributed by atoms with E-state index < -0.39 is 6.10 Å². The van der Waals surface area contributed by atoms with Gasteiger partial charge in [-0.15, -0.1) is 0 Å². The fourth-order valence-corrected chi connectivity index (χ4v) is 4.77. The molecule has 0 bridgehead atoms. The smallest absolute Gasteiger partial charge is 0.222 e. The van der Waals surface area contributed by atoms with Crippen LogP contribution >= 0.6 is 11.6 Å². The number of amides is 1. The molecule has 2 aromatic carbocycles. The molecular weight excluding hydrogens is 447 g/mol. The average molecular weight is 477 g/mol.